The van der Waals surface area contributed by atoms with Gasteiger partial charge in [-0.05, 0) is 31.2 Å². The highest BCUT2D eigenvalue weighted by Gasteiger charge is 2.20. The summed E-state index contributed by atoms with van der Waals surface area (Å²) in [5.74, 6) is 0.535. The summed E-state index contributed by atoms with van der Waals surface area (Å²) >= 11 is 0. The van der Waals surface area contributed by atoms with Crippen LogP contribution < -0.4 is 4.74 Å². The molecule has 0 saturated carbocycles. The summed E-state index contributed by atoms with van der Waals surface area (Å²) in [5, 5.41) is 0.824. The molecule has 0 fully saturated rings. The van der Waals surface area contributed by atoms with Crippen molar-refractivity contribution >= 4 is 20.9 Å². The number of aryl methyl sites for hydroxylation is 1. The number of rotatable bonds is 3. The van der Waals surface area contributed by atoms with Crippen LogP contribution in [0.25, 0.3) is 10.9 Å². The molecule has 2 aromatic carbocycles. The molecule has 1 heterocycles. The van der Waals surface area contributed by atoms with Gasteiger partial charge in [0.25, 0.3) is 10.0 Å². The normalized spacial score (nSPS) is 11.7. The maximum Gasteiger partial charge on any atom is 0.268 e. The number of aromatic nitrogens is 1. The summed E-state index contributed by atoms with van der Waals surface area (Å²) < 4.78 is 32.2. The van der Waals surface area contributed by atoms with E-state index in [4.69, 9.17) is 4.74 Å². The van der Waals surface area contributed by atoms with Gasteiger partial charge in [0.1, 0.15) is 11.3 Å². The Kier molecular flexibility index (Phi) is 3.22. The van der Waals surface area contributed by atoms with Crippen LogP contribution in [-0.4, -0.2) is 19.5 Å². The quantitative estimate of drug-likeness (QED) is 0.746. The molecule has 0 aliphatic rings. The van der Waals surface area contributed by atoms with Gasteiger partial charge in [-0.2, -0.15) is 0 Å². The van der Waals surface area contributed by atoms with Gasteiger partial charge in [-0.3, -0.25) is 0 Å². The molecule has 0 N–H and O–H groups in total. The lowest BCUT2D eigenvalue weighted by atomic mass is 10.2. The third-order valence-electron chi connectivity index (χ3n) is 3.44. The smallest absolute Gasteiger partial charge is 0.268 e. The van der Waals surface area contributed by atoms with Gasteiger partial charge >= 0.3 is 0 Å². The molecule has 108 valence electrons. The minimum absolute atomic E-state index is 0.261. The third kappa shape index (κ3) is 2.19. The van der Waals surface area contributed by atoms with Crippen molar-refractivity contribution in [2.45, 2.75) is 11.8 Å². The topological polar surface area (TPSA) is 48.3 Å². The van der Waals surface area contributed by atoms with E-state index in [0.29, 0.717) is 11.3 Å². The Labute approximate surface area is 123 Å². The lowest BCUT2D eigenvalue weighted by Gasteiger charge is -2.10. The molecule has 21 heavy (non-hydrogen) atoms. The molecule has 3 rings (SSSR count). The van der Waals surface area contributed by atoms with Crippen molar-refractivity contribution in [3.05, 3.63) is 60.3 Å². The summed E-state index contributed by atoms with van der Waals surface area (Å²) in [6.45, 7) is 1.92. The number of para-hydroxylation sites is 1. The minimum Gasteiger partial charge on any atom is -0.495 e. The van der Waals surface area contributed by atoms with Crippen LogP contribution in [0.15, 0.2) is 59.6 Å². The standard InChI is InChI=1S/C16H15NO3S/c1-12-6-8-14(9-7-12)21(18,19)17-11-10-13-4-3-5-15(20-2)16(13)17/h3-11H,1-2H3. The number of ether oxygens (including phenoxy) is 1. The van der Waals surface area contributed by atoms with Crippen LogP contribution in [0, 0.1) is 6.92 Å². The van der Waals surface area contributed by atoms with E-state index in [1.54, 1.807) is 42.6 Å². The van der Waals surface area contributed by atoms with E-state index in [1.165, 1.54) is 11.1 Å². The largest absolute Gasteiger partial charge is 0.495 e. The molecule has 0 saturated heterocycles. The van der Waals surface area contributed by atoms with Gasteiger partial charge in [0.15, 0.2) is 0 Å². The monoisotopic (exact) mass is 301 g/mol. The minimum atomic E-state index is -3.63. The van der Waals surface area contributed by atoms with Crippen molar-refractivity contribution in [2.75, 3.05) is 7.11 Å². The average molecular weight is 301 g/mol. The molecule has 0 amide bonds. The number of benzene rings is 2. The van der Waals surface area contributed by atoms with Crippen LogP contribution in [0.1, 0.15) is 5.56 Å². The number of hydrogen-bond acceptors (Lipinski definition) is 3. The first-order chi connectivity index (χ1) is 10.0. The Hall–Kier alpha value is -2.27. The molecule has 0 bridgehead atoms. The van der Waals surface area contributed by atoms with E-state index in [-0.39, 0.29) is 4.90 Å². The van der Waals surface area contributed by atoms with Gasteiger partial charge in [-0.25, -0.2) is 12.4 Å². The maximum atomic E-state index is 12.8. The fraction of sp³-hybridized carbons (Fsp3) is 0.125. The summed E-state index contributed by atoms with van der Waals surface area (Å²) in [6, 6.07) is 14.0. The Morgan fingerprint density at radius 2 is 1.71 bits per heavy atom. The van der Waals surface area contributed by atoms with Crippen molar-refractivity contribution in [1.82, 2.24) is 3.97 Å². The molecule has 0 aliphatic carbocycles. The first-order valence-electron chi connectivity index (χ1n) is 6.50. The number of methoxy groups -OCH3 is 1. The molecule has 0 spiro atoms. The maximum absolute atomic E-state index is 12.8. The summed E-state index contributed by atoms with van der Waals surface area (Å²) in [5.41, 5.74) is 1.57. The molecule has 0 unspecified atom stereocenters. The summed E-state index contributed by atoms with van der Waals surface area (Å²) in [4.78, 5) is 0.261. The van der Waals surface area contributed by atoms with Gasteiger partial charge in [-0.1, -0.05) is 29.8 Å². The van der Waals surface area contributed by atoms with Crippen molar-refractivity contribution in [3.8, 4) is 5.75 Å². The number of nitrogens with zero attached hydrogens (tertiary/aromatic N) is 1. The second-order valence-electron chi connectivity index (χ2n) is 4.83. The van der Waals surface area contributed by atoms with Crippen LogP contribution in [0.2, 0.25) is 0 Å². The Morgan fingerprint density at radius 3 is 2.38 bits per heavy atom. The van der Waals surface area contributed by atoms with Crippen molar-refractivity contribution < 1.29 is 13.2 Å². The first kappa shape index (κ1) is 13.7. The zero-order chi connectivity index (χ0) is 15.0. The van der Waals surface area contributed by atoms with E-state index >= 15 is 0 Å². The van der Waals surface area contributed by atoms with Crippen LogP contribution in [0.5, 0.6) is 5.75 Å². The predicted octanol–water partition coefficient (Wildman–Crippen LogP) is 3.20. The van der Waals surface area contributed by atoms with E-state index in [0.717, 1.165) is 10.9 Å². The van der Waals surface area contributed by atoms with Crippen LogP contribution >= 0.6 is 0 Å². The number of fused-ring (bicyclic) bond motifs is 1. The van der Waals surface area contributed by atoms with Gasteiger partial charge in [0.05, 0.1) is 12.0 Å². The second-order valence-corrected chi connectivity index (χ2v) is 6.64. The highest BCUT2D eigenvalue weighted by Crippen LogP contribution is 2.29. The van der Waals surface area contributed by atoms with Crippen LogP contribution in [0.3, 0.4) is 0 Å². The lowest BCUT2D eigenvalue weighted by Crippen LogP contribution is -2.12. The van der Waals surface area contributed by atoms with Crippen LogP contribution in [-0.2, 0) is 10.0 Å². The number of hydrogen-bond donors (Lipinski definition) is 0. The van der Waals surface area contributed by atoms with Gasteiger partial charge in [-0.15, -0.1) is 0 Å². The molecule has 5 heteroatoms. The van der Waals surface area contributed by atoms with E-state index in [9.17, 15) is 8.42 Å². The van der Waals surface area contributed by atoms with Crippen molar-refractivity contribution in [1.29, 1.82) is 0 Å². The van der Waals surface area contributed by atoms with Gasteiger partial charge < -0.3 is 4.74 Å². The van der Waals surface area contributed by atoms with E-state index < -0.39 is 10.0 Å². The lowest BCUT2D eigenvalue weighted by molar-refractivity contribution is 0.418. The zero-order valence-electron chi connectivity index (χ0n) is 11.8. The highest BCUT2D eigenvalue weighted by molar-refractivity contribution is 7.90. The highest BCUT2D eigenvalue weighted by atomic mass is 32.2. The average Bonchev–Trinajstić information content (AvgIpc) is 2.92. The fourth-order valence-electron chi connectivity index (χ4n) is 2.32. The summed E-state index contributed by atoms with van der Waals surface area (Å²) in [7, 11) is -2.10. The molecule has 0 atom stereocenters. The van der Waals surface area contributed by atoms with Gasteiger partial charge in [0, 0.05) is 11.6 Å². The Balaban J connectivity index is 2.26. The second kappa shape index (κ2) is 4.93. The van der Waals surface area contributed by atoms with Crippen molar-refractivity contribution in [3.63, 3.8) is 0 Å². The third-order valence-corrected chi connectivity index (χ3v) is 5.13. The predicted molar refractivity (Wildman–Crippen MR) is 82.3 cm³/mol. The molecule has 3 aromatic rings. The summed E-state index contributed by atoms with van der Waals surface area (Å²) in [6.07, 6.45) is 1.56. The molecule has 0 aliphatic heterocycles. The SMILES string of the molecule is COc1cccc2ccn(S(=O)(=O)c3ccc(C)cc3)c12. The molecular formula is C16H15NO3S. The molecule has 4 nitrogen and oxygen atoms in total. The fourth-order valence-corrected chi connectivity index (χ4v) is 3.68. The molecular weight excluding hydrogens is 286 g/mol. The van der Waals surface area contributed by atoms with E-state index in [1.807, 2.05) is 19.1 Å². The molecule has 0 radical (unpaired) electrons. The Bertz CT molecular complexity index is 893. The molecule has 1 aromatic heterocycles. The first-order valence-corrected chi connectivity index (χ1v) is 7.94. The van der Waals surface area contributed by atoms with Crippen molar-refractivity contribution in [2.24, 2.45) is 0 Å². The zero-order valence-corrected chi connectivity index (χ0v) is 12.6. The van der Waals surface area contributed by atoms with E-state index in [2.05, 4.69) is 0 Å². The Morgan fingerprint density at radius 1 is 1.00 bits per heavy atom. The van der Waals surface area contributed by atoms with Crippen LogP contribution in [0.4, 0.5) is 0 Å². The van der Waals surface area contributed by atoms with Gasteiger partial charge in [0.2, 0.25) is 0 Å².